The van der Waals surface area contributed by atoms with Crippen LogP contribution in [0.25, 0.3) is 0 Å². The topological polar surface area (TPSA) is 30.5 Å². The van der Waals surface area contributed by atoms with Crippen molar-refractivity contribution >= 4 is 0 Å². The van der Waals surface area contributed by atoms with E-state index >= 15 is 0 Å². The Balaban J connectivity index is 3.22. The van der Waals surface area contributed by atoms with Gasteiger partial charge in [-0.3, -0.25) is 0 Å². The van der Waals surface area contributed by atoms with Crippen molar-refractivity contribution in [2.24, 2.45) is 0 Å². The molecule has 0 bridgehead atoms. The van der Waals surface area contributed by atoms with Crippen LogP contribution < -0.4 is 5.32 Å². The summed E-state index contributed by atoms with van der Waals surface area (Å²) in [6.45, 7) is 10.0. The molecule has 0 spiro atoms. The van der Waals surface area contributed by atoms with Crippen molar-refractivity contribution in [3.63, 3.8) is 0 Å². The lowest BCUT2D eigenvalue weighted by molar-refractivity contribution is -0.0654. The maximum atomic E-state index is 5.72. The molecule has 0 heterocycles. The Bertz CT molecular complexity index is 138. The van der Waals surface area contributed by atoms with Gasteiger partial charge < -0.3 is 14.8 Å². The van der Waals surface area contributed by atoms with Crippen molar-refractivity contribution in [3.05, 3.63) is 0 Å². The van der Waals surface area contributed by atoms with E-state index in [9.17, 15) is 0 Å². The van der Waals surface area contributed by atoms with Gasteiger partial charge in [-0.25, -0.2) is 0 Å². The summed E-state index contributed by atoms with van der Waals surface area (Å²) in [6, 6.07) is 0. The maximum Gasteiger partial charge on any atom is 0.0858 e. The van der Waals surface area contributed by atoms with Gasteiger partial charge in [-0.15, -0.1) is 0 Å². The van der Waals surface area contributed by atoms with Crippen LogP contribution in [0.4, 0.5) is 0 Å². The summed E-state index contributed by atoms with van der Waals surface area (Å²) in [7, 11) is 1.71. The Morgan fingerprint density at radius 3 is 2.47 bits per heavy atom. The van der Waals surface area contributed by atoms with E-state index < -0.39 is 0 Å². The van der Waals surface area contributed by atoms with Crippen LogP contribution in [0.15, 0.2) is 0 Å². The first-order valence-electron chi connectivity index (χ1n) is 5.96. The van der Waals surface area contributed by atoms with Crippen molar-refractivity contribution in [1.29, 1.82) is 0 Å². The average Bonchev–Trinajstić information content (AvgIpc) is 2.16. The molecule has 0 atom stereocenters. The quantitative estimate of drug-likeness (QED) is 0.569. The first kappa shape index (κ1) is 14.9. The second kappa shape index (κ2) is 9.13. The largest absolute Gasteiger partial charge is 0.382 e. The van der Waals surface area contributed by atoms with Gasteiger partial charge in [0.15, 0.2) is 0 Å². The molecule has 0 aliphatic rings. The van der Waals surface area contributed by atoms with Gasteiger partial charge in [-0.2, -0.15) is 0 Å². The molecule has 1 N–H and O–H groups in total. The number of rotatable bonds is 10. The number of ether oxygens (including phenoxy) is 2. The Kier molecular flexibility index (Phi) is 9.06. The summed E-state index contributed by atoms with van der Waals surface area (Å²) in [5, 5.41) is 3.38. The Morgan fingerprint density at radius 2 is 1.87 bits per heavy atom. The minimum absolute atomic E-state index is 0.147. The first-order chi connectivity index (χ1) is 7.12. The van der Waals surface area contributed by atoms with E-state index in [1.54, 1.807) is 7.11 Å². The van der Waals surface area contributed by atoms with Crippen molar-refractivity contribution in [1.82, 2.24) is 5.32 Å². The molecule has 0 aromatic heterocycles. The normalized spacial score (nSPS) is 12.0. The molecule has 92 valence electrons. The number of hydrogen-bond donors (Lipinski definition) is 1. The van der Waals surface area contributed by atoms with Gasteiger partial charge >= 0.3 is 0 Å². The lowest BCUT2D eigenvalue weighted by Crippen LogP contribution is -2.30. The third-order valence-corrected chi connectivity index (χ3v) is 2.16. The molecule has 15 heavy (non-hydrogen) atoms. The highest BCUT2D eigenvalue weighted by Gasteiger charge is 2.17. The van der Waals surface area contributed by atoms with Crippen LogP contribution in [0.5, 0.6) is 0 Å². The smallest absolute Gasteiger partial charge is 0.0858 e. The molecule has 0 unspecified atom stereocenters. The van der Waals surface area contributed by atoms with E-state index in [0.717, 1.165) is 26.1 Å². The Labute approximate surface area is 94.5 Å². The van der Waals surface area contributed by atoms with Crippen LogP contribution in [0, 0.1) is 0 Å². The van der Waals surface area contributed by atoms with E-state index in [4.69, 9.17) is 9.47 Å². The fourth-order valence-corrected chi connectivity index (χ4v) is 1.39. The van der Waals surface area contributed by atoms with E-state index in [0.29, 0.717) is 6.61 Å². The van der Waals surface area contributed by atoms with Crippen LogP contribution in [0.3, 0.4) is 0 Å². The highest BCUT2D eigenvalue weighted by molar-refractivity contribution is 4.66. The summed E-state index contributed by atoms with van der Waals surface area (Å²) in [6.07, 6.45) is 3.50. The fourth-order valence-electron chi connectivity index (χ4n) is 1.39. The molecule has 0 aliphatic carbocycles. The summed E-state index contributed by atoms with van der Waals surface area (Å²) >= 11 is 0. The third-order valence-electron chi connectivity index (χ3n) is 2.16. The zero-order valence-corrected chi connectivity index (χ0v) is 10.8. The van der Waals surface area contributed by atoms with Gasteiger partial charge in [0.25, 0.3) is 0 Å². The molecule has 3 heteroatoms. The molecule has 0 saturated heterocycles. The van der Waals surface area contributed by atoms with Crippen LogP contribution in [0.2, 0.25) is 0 Å². The van der Waals surface area contributed by atoms with Crippen LogP contribution >= 0.6 is 0 Å². The molecule has 0 fully saturated rings. The van der Waals surface area contributed by atoms with Gasteiger partial charge in [-0.05, 0) is 46.2 Å². The van der Waals surface area contributed by atoms with Gasteiger partial charge in [0.1, 0.15) is 0 Å². The second-order valence-corrected chi connectivity index (χ2v) is 4.50. The van der Waals surface area contributed by atoms with Crippen molar-refractivity contribution < 1.29 is 9.47 Å². The summed E-state index contributed by atoms with van der Waals surface area (Å²) < 4.78 is 10.8. The number of unbranched alkanes of at least 4 members (excludes halogenated alkanes) is 1. The van der Waals surface area contributed by atoms with E-state index in [-0.39, 0.29) is 5.60 Å². The summed E-state index contributed by atoms with van der Waals surface area (Å²) in [5.74, 6) is 0. The lowest BCUT2D eigenvalue weighted by Gasteiger charge is -2.24. The molecule has 3 nitrogen and oxygen atoms in total. The molecule has 0 aromatic carbocycles. The predicted octanol–water partition coefficient (Wildman–Crippen LogP) is 2.21. The number of hydrogen-bond acceptors (Lipinski definition) is 3. The zero-order valence-electron chi connectivity index (χ0n) is 10.8. The van der Waals surface area contributed by atoms with Crippen LogP contribution in [-0.2, 0) is 9.47 Å². The molecule has 0 rings (SSSR count). The average molecular weight is 217 g/mol. The highest BCUT2D eigenvalue weighted by atomic mass is 16.5. The monoisotopic (exact) mass is 217 g/mol. The minimum Gasteiger partial charge on any atom is -0.382 e. The molecule has 0 amide bonds. The highest BCUT2D eigenvalue weighted by Crippen LogP contribution is 2.09. The van der Waals surface area contributed by atoms with Crippen molar-refractivity contribution in [2.75, 3.05) is 33.4 Å². The van der Waals surface area contributed by atoms with Gasteiger partial charge in [-0.1, -0.05) is 6.92 Å². The molecule has 0 aromatic rings. The molecule has 0 radical (unpaired) electrons. The van der Waals surface area contributed by atoms with E-state index in [1.165, 1.54) is 12.8 Å². The Hall–Kier alpha value is -0.120. The zero-order chi connectivity index (χ0) is 11.6. The number of methoxy groups -OCH3 is 1. The molecule has 0 aliphatic heterocycles. The summed E-state index contributed by atoms with van der Waals surface area (Å²) in [4.78, 5) is 0. The van der Waals surface area contributed by atoms with Crippen LogP contribution in [-0.4, -0.2) is 39.0 Å². The van der Waals surface area contributed by atoms with Crippen LogP contribution in [0.1, 0.15) is 40.0 Å². The Morgan fingerprint density at radius 1 is 1.13 bits per heavy atom. The first-order valence-corrected chi connectivity index (χ1v) is 5.96. The molecule has 0 saturated carbocycles. The summed E-state index contributed by atoms with van der Waals surface area (Å²) in [5.41, 5.74) is -0.147. The van der Waals surface area contributed by atoms with Gasteiger partial charge in [0.05, 0.1) is 12.2 Å². The van der Waals surface area contributed by atoms with Crippen molar-refractivity contribution in [2.45, 2.75) is 45.6 Å². The van der Waals surface area contributed by atoms with E-state index in [2.05, 4.69) is 26.1 Å². The van der Waals surface area contributed by atoms with E-state index in [1.807, 2.05) is 0 Å². The maximum absolute atomic E-state index is 5.72. The third kappa shape index (κ3) is 10.2. The molecular weight excluding hydrogens is 190 g/mol. The van der Waals surface area contributed by atoms with Gasteiger partial charge in [0, 0.05) is 13.7 Å². The SMILES string of the molecule is CCCNCCCCOC(C)(C)COC. The molecular formula is C12H27NO2. The second-order valence-electron chi connectivity index (χ2n) is 4.50. The fraction of sp³-hybridized carbons (Fsp3) is 1.00. The predicted molar refractivity (Wildman–Crippen MR) is 64.3 cm³/mol. The van der Waals surface area contributed by atoms with Gasteiger partial charge in [0.2, 0.25) is 0 Å². The minimum atomic E-state index is -0.147. The van der Waals surface area contributed by atoms with Crippen molar-refractivity contribution in [3.8, 4) is 0 Å². The lowest BCUT2D eigenvalue weighted by atomic mass is 10.1. The number of nitrogens with one attached hydrogen (secondary N) is 1. The standard InChI is InChI=1S/C12H27NO2/c1-5-8-13-9-6-7-10-15-12(2,3)11-14-4/h13H,5-11H2,1-4H3.